The van der Waals surface area contributed by atoms with Crippen LogP contribution in [-0.4, -0.2) is 8.07 Å². The molecule has 0 unspecified atom stereocenters. The summed E-state index contributed by atoms with van der Waals surface area (Å²) in [5.74, 6) is 0. The average molecular weight is 353 g/mol. The first-order chi connectivity index (χ1) is 12.7. The third-order valence-electron chi connectivity index (χ3n) is 5.48. The quantitative estimate of drug-likeness (QED) is 0.486. The number of rotatable bonds is 4. The van der Waals surface area contributed by atoms with Crippen LogP contribution in [0, 0.1) is 6.92 Å². The molecule has 0 bridgehead atoms. The lowest BCUT2D eigenvalue weighted by atomic mass is 10.2. The minimum Gasteiger partial charge on any atom is -0.0806 e. The van der Waals surface area contributed by atoms with Gasteiger partial charge in [-0.05, 0) is 35.8 Å². The van der Waals surface area contributed by atoms with Crippen molar-refractivity contribution in [1.82, 2.24) is 0 Å². The topological polar surface area (TPSA) is 0 Å². The maximum atomic E-state index is 2.41. The Hall–Kier alpha value is -2.64. The summed E-state index contributed by atoms with van der Waals surface area (Å²) in [4.78, 5) is 0. The highest BCUT2D eigenvalue weighted by molar-refractivity contribution is 7.16. The van der Waals surface area contributed by atoms with Crippen LogP contribution in [0.5, 0.6) is 0 Å². The van der Waals surface area contributed by atoms with E-state index >= 15 is 0 Å². The van der Waals surface area contributed by atoms with E-state index in [1.807, 2.05) is 0 Å². The van der Waals surface area contributed by atoms with Crippen molar-refractivity contribution in [2.75, 3.05) is 0 Å². The largest absolute Gasteiger partial charge is 0.176 e. The first-order valence-corrected chi connectivity index (χ1v) is 11.3. The molecule has 1 aliphatic carbocycles. The van der Waals surface area contributed by atoms with Gasteiger partial charge in [0.05, 0.1) is 0 Å². The Bertz CT molecular complexity index is 926. The lowest BCUT2D eigenvalue weighted by Crippen LogP contribution is -2.68. The van der Waals surface area contributed by atoms with Gasteiger partial charge in [-0.1, -0.05) is 113 Å². The SMILES string of the molecule is CC1=C([Si](c2ccccc2)(c2ccccc2)c2cccc(C)c2)CC=C1. The summed E-state index contributed by atoms with van der Waals surface area (Å²) < 4.78 is 0. The molecule has 0 atom stereocenters. The molecule has 0 amide bonds. The molecule has 26 heavy (non-hydrogen) atoms. The fourth-order valence-corrected chi connectivity index (χ4v) is 9.66. The van der Waals surface area contributed by atoms with E-state index < -0.39 is 8.07 Å². The van der Waals surface area contributed by atoms with Crippen LogP contribution in [-0.2, 0) is 0 Å². The van der Waals surface area contributed by atoms with E-state index in [1.54, 1.807) is 5.20 Å². The standard InChI is InChI=1S/C25H24Si/c1-20-11-9-17-24(19-20)26(22-13-5-3-6-14-22,23-15-7-4-8-16-23)25-18-10-12-21(25)2/h3-17,19H,18H2,1-2H3. The van der Waals surface area contributed by atoms with E-state index in [4.69, 9.17) is 0 Å². The predicted octanol–water partition coefficient (Wildman–Crippen LogP) is 4.28. The van der Waals surface area contributed by atoms with Crippen molar-refractivity contribution in [3.05, 3.63) is 113 Å². The lowest BCUT2D eigenvalue weighted by Gasteiger charge is -2.36. The Labute approximate surface area is 157 Å². The Morgan fingerprint density at radius 2 is 1.23 bits per heavy atom. The fraction of sp³-hybridized carbons (Fsp3) is 0.120. The second-order valence-electron chi connectivity index (χ2n) is 7.12. The second kappa shape index (κ2) is 6.93. The van der Waals surface area contributed by atoms with Gasteiger partial charge in [-0.2, -0.15) is 0 Å². The summed E-state index contributed by atoms with van der Waals surface area (Å²) >= 11 is 0. The van der Waals surface area contributed by atoms with Crippen LogP contribution in [0.3, 0.4) is 0 Å². The molecule has 0 heterocycles. The highest BCUT2D eigenvalue weighted by Crippen LogP contribution is 2.28. The molecule has 0 aromatic heterocycles. The normalized spacial score (nSPS) is 14.1. The predicted molar refractivity (Wildman–Crippen MR) is 115 cm³/mol. The number of allylic oxidation sites excluding steroid dienone is 4. The smallest absolute Gasteiger partial charge is 0.0806 e. The molecular weight excluding hydrogens is 328 g/mol. The Morgan fingerprint density at radius 1 is 0.654 bits per heavy atom. The van der Waals surface area contributed by atoms with Gasteiger partial charge >= 0.3 is 0 Å². The maximum Gasteiger partial charge on any atom is 0.176 e. The van der Waals surface area contributed by atoms with Gasteiger partial charge in [0.1, 0.15) is 0 Å². The van der Waals surface area contributed by atoms with Crippen molar-refractivity contribution in [3.8, 4) is 0 Å². The molecule has 1 aliphatic rings. The van der Waals surface area contributed by atoms with Crippen LogP contribution >= 0.6 is 0 Å². The molecule has 0 N–H and O–H groups in total. The van der Waals surface area contributed by atoms with Crippen molar-refractivity contribution in [3.63, 3.8) is 0 Å². The fourth-order valence-electron chi connectivity index (χ4n) is 4.34. The van der Waals surface area contributed by atoms with Gasteiger partial charge in [0, 0.05) is 0 Å². The average Bonchev–Trinajstić information content (AvgIpc) is 3.11. The van der Waals surface area contributed by atoms with Crippen molar-refractivity contribution < 1.29 is 0 Å². The van der Waals surface area contributed by atoms with Crippen LogP contribution in [0.15, 0.2) is 108 Å². The third-order valence-corrected chi connectivity index (χ3v) is 10.6. The van der Waals surface area contributed by atoms with E-state index in [9.17, 15) is 0 Å². The molecule has 0 spiro atoms. The summed E-state index contributed by atoms with van der Waals surface area (Å²) in [5.41, 5.74) is 2.77. The zero-order chi connectivity index (χ0) is 18.0. The number of hydrogen-bond donors (Lipinski definition) is 0. The van der Waals surface area contributed by atoms with Crippen molar-refractivity contribution >= 4 is 23.6 Å². The van der Waals surface area contributed by atoms with Crippen LogP contribution in [0.2, 0.25) is 0 Å². The Balaban J connectivity index is 2.13. The van der Waals surface area contributed by atoms with Gasteiger partial charge < -0.3 is 0 Å². The molecule has 0 saturated carbocycles. The molecule has 3 aromatic rings. The van der Waals surface area contributed by atoms with E-state index in [0.717, 1.165) is 6.42 Å². The Morgan fingerprint density at radius 3 is 1.73 bits per heavy atom. The molecule has 4 rings (SSSR count). The molecule has 0 saturated heterocycles. The summed E-state index contributed by atoms with van der Waals surface area (Å²) in [6.07, 6.45) is 5.68. The van der Waals surface area contributed by atoms with Crippen LogP contribution in [0.25, 0.3) is 0 Å². The van der Waals surface area contributed by atoms with Crippen LogP contribution in [0.4, 0.5) is 0 Å². The van der Waals surface area contributed by atoms with Crippen molar-refractivity contribution in [2.24, 2.45) is 0 Å². The van der Waals surface area contributed by atoms with Gasteiger partial charge in [-0.25, -0.2) is 0 Å². The van der Waals surface area contributed by atoms with Gasteiger partial charge in [0.25, 0.3) is 0 Å². The Kier molecular flexibility index (Phi) is 4.48. The molecule has 0 radical (unpaired) electrons. The lowest BCUT2D eigenvalue weighted by molar-refractivity contribution is 1.34. The number of benzene rings is 3. The first kappa shape index (κ1) is 16.8. The van der Waals surface area contributed by atoms with Gasteiger partial charge in [-0.15, -0.1) is 0 Å². The zero-order valence-corrected chi connectivity index (χ0v) is 16.4. The summed E-state index contributed by atoms with van der Waals surface area (Å²) in [6.45, 7) is 4.48. The molecule has 1 heteroatoms. The molecule has 3 aromatic carbocycles. The van der Waals surface area contributed by atoms with Crippen LogP contribution < -0.4 is 15.6 Å². The van der Waals surface area contributed by atoms with Gasteiger partial charge in [0.15, 0.2) is 8.07 Å². The monoisotopic (exact) mass is 352 g/mol. The summed E-state index contributed by atoms with van der Waals surface area (Å²) in [6, 6.07) is 31.5. The highest BCUT2D eigenvalue weighted by Gasteiger charge is 2.43. The minimum absolute atomic E-state index is 1.05. The second-order valence-corrected chi connectivity index (χ2v) is 11.0. The van der Waals surface area contributed by atoms with Gasteiger partial charge in [0.2, 0.25) is 0 Å². The maximum absolute atomic E-state index is 2.41. The minimum atomic E-state index is -2.27. The summed E-state index contributed by atoms with van der Waals surface area (Å²) in [7, 11) is -2.27. The first-order valence-electron chi connectivity index (χ1n) is 9.28. The van der Waals surface area contributed by atoms with Crippen molar-refractivity contribution in [1.29, 1.82) is 0 Å². The van der Waals surface area contributed by atoms with Gasteiger partial charge in [-0.3, -0.25) is 0 Å². The molecule has 0 nitrogen and oxygen atoms in total. The molecular formula is C25H24Si. The number of hydrogen-bond acceptors (Lipinski definition) is 0. The van der Waals surface area contributed by atoms with E-state index in [2.05, 4.69) is 111 Å². The highest BCUT2D eigenvalue weighted by atomic mass is 28.3. The van der Waals surface area contributed by atoms with E-state index in [1.165, 1.54) is 26.7 Å². The van der Waals surface area contributed by atoms with E-state index in [0.29, 0.717) is 0 Å². The zero-order valence-electron chi connectivity index (χ0n) is 15.4. The molecule has 0 fully saturated rings. The molecule has 0 aliphatic heterocycles. The third kappa shape index (κ3) is 2.69. The number of aryl methyl sites for hydroxylation is 1. The van der Waals surface area contributed by atoms with Crippen LogP contribution in [0.1, 0.15) is 18.9 Å². The summed E-state index contributed by atoms with van der Waals surface area (Å²) in [5, 5.41) is 6.03. The molecule has 128 valence electrons. The van der Waals surface area contributed by atoms with E-state index in [-0.39, 0.29) is 0 Å². The van der Waals surface area contributed by atoms with Crippen molar-refractivity contribution in [2.45, 2.75) is 20.3 Å².